The van der Waals surface area contributed by atoms with Crippen LogP contribution in [0.3, 0.4) is 0 Å². The number of anilines is 2. The molecule has 3 heterocycles. The maximum absolute atomic E-state index is 13.2. The third-order valence-electron chi connectivity index (χ3n) is 5.93. The normalized spacial score (nSPS) is 14.4. The van der Waals surface area contributed by atoms with Crippen LogP contribution in [0, 0.1) is 0 Å². The van der Waals surface area contributed by atoms with Gasteiger partial charge in [-0.1, -0.05) is 37.6 Å². The van der Waals surface area contributed by atoms with Gasteiger partial charge in [-0.3, -0.25) is 9.69 Å². The lowest BCUT2D eigenvalue weighted by Crippen LogP contribution is -2.23. The van der Waals surface area contributed by atoms with Crippen molar-refractivity contribution in [2.24, 2.45) is 0 Å². The van der Waals surface area contributed by atoms with Gasteiger partial charge in [-0.05, 0) is 56.0 Å². The number of likely N-dealkylation sites (tertiary alicyclic amines) is 1. The Hall–Kier alpha value is -2.93. The van der Waals surface area contributed by atoms with Gasteiger partial charge in [0.2, 0.25) is 5.95 Å². The number of hydrogen-bond acceptors (Lipinski definition) is 6. The van der Waals surface area contributed by atoms with Crippen molar-refractivity contribution in [1.82, 2.24) is 19.4 Å². The molecule has 164 valence electrons. The van der Waals surface area contributed by atoms with Crippen LogP contribution in [-0.4, -0.2) is 39.1 Å². The molecule has 1 aliphatic rings. The number of unbranched alkanes of at least 4 members (excludes halogenated alkanes) is 1. The number of aromatic nitrogens is 3. The molecular formula is C24H32N6O. The molecule has 0 bridgehead atoms. The molecular weight excluding hydrogens is 388 g/mol. The topological polar surface area (TPSA) is 89.1 Å². The predicted molar refractivity (Wildman–Crippen MR) is 126 cm³/mol. The zero-order chi connectivity index (χ0) is 21.6. The first-order valence-corrected chi connectivity index (χ1v) is 11.3. The smallest absolute Gasteiger partial charge is 0.263 e. The van der Waals surface area contributed by atoms with Gasteiger partial charge in [-0.25, -0.2) is 4.98 Å². The molecule has 0 radical (unpaired) electrons. The minimum atomic E-state index is -0.0813. The molecule has 1 aromatic carbocycles. The van der Waals surface area contributed by atoms with E-state index in [0.29, 0.717) is 23.3 Å². The summed E-state index contributed by atoms with van der Waals surface area (Å²) in [5, 5.41) is 3.77. The van der Waals surface area contributed by atoms with E-state index in [1.54, 1.807) is 10.8 Å². The largest absolute Gasteiger partial charge is 0.369 e. The highest BCUT2D eigenvalue weighted by atomic mass is 16.1. The Morgan fingerprint density at radius 2 is 1.81 bits per heavy atom. The van der Waals surface area contributed by atoms with Crippen LogP contribution in [0.5, 0.6) is 0 Å². The van der Waals surface area contributed by atoms with E-state index < -0.39 is 0 Å². The fraction of sp³-hybridized carbons (Fsp3) is 0.458. The van der Waals surface area contributed by atoms with Crippen molar-refractivity contribution in [3.05, 3.63) is 58.0 Å². The lowest BCUT2D eigenvalue weighted by molar-refractivity contribution is 0.331. The van der Waals surface area contributed by atoms with Crippen molar-refractivity contribution in [1.29, 1.82) is 0 Å². The summed E-state index contributed by atoms with van der Waals surface area (Å²) in [6, 6.07) is 10.6. The third kappa shape index (κ3) is 5.22. The lowest BCUT2D eigenvalue weighted by atomic mass is 10.1. The Balaban J connectivity index is 1.48. The van der Waals surface area contributed by atoms with Gasteiger partial charge in [0.1, 0.15) is 11.2 Å². The van der Waals surface area contributed by atoms with Gasteiger partial charge >= 0.3 is 0 Å². The van der Waals surface area contributed by atoms with Gasteiger partial charge in [-0.15, -0.1) is 0 Å². The molecule has 7 heteroatoms. The summed E-state index contributed by atoms with van der Waals surface area (Å²) in [6.07, 6.45) is 7.28. The Morgan fingerprint density at radius 3 is 2.55 bits per heavy atom. The number of pyridine rings is 1. The predicted octanol–water partition coefficient (Wildman–Crippen LogP) is 3.42. The van der Waals surface area contributed by atoms with Crippen LogP contribution < -0.4 is 16.6 Å². The highest BCUT2D eigenvalue weighted by Crippen LogP contribution is 2.18. The SMILES string of the molecule is CCCCNc1nc(N)nc2ccn(CCc3ccc(CN4CCCC4)cc3)c(=O)c12. The van der Waals surface area contributed by atoms with Gasteiger partial charge < -0.3 is 15.6 Å². The maximum Gasteiger partial charge on any atom is 0.263 e. The van der Waals surface area contributed by atoms with E-state index in [2.05, 4.69) is 51.4 Å². The van der Waals surface area contributed by atoms with Crippen molar-refractivity contribution in [2.45, 2.75) is 52.1 Å². The second kappa shape index (κ2) is 9.92. The van der Waals surface area contributed by atoms with Gasteiger partial charge in [0.25, 0.3) is 5.56 Å². The number of aryl methyl sites for hydroxylation is 2. The van der Waals surface area contributed by atoms with Gasteiger partial charge in [0.05, 0.1) is 5.52 Å². The molecule has 0 atom stereocenters. The number of nitrogens with zero attached hydrogens (tertiary/aromatic N) is 4. The molecule has 4 rings (SSSR count). The molecule has 3 aromatic rings. The Bertz CT molecular complexity index is 1070. The van der Waals surface area contributed by atoms with Crippen LogP contribution in [0.25, 0.3) is 10.9 Å². The molecule has 3 N–H and O–H groups in total. The third-order valence-corrected chi connectivity index (χ3v) is 5.93. The minimum Gasteiger partial charge on any atom is -0.369 e. The van der Waals surface area contributed by atoms with E-state index in [1.165, 1.54) is 37.1 Å². The first-order chi connectivity index (χ1) is 15.1. The molecule has 2 aromatic heterocycles. The Kier molecular flexibility index (Phi) is 6.82. The van der Waals surface area contributed by atoms with E-state index in [4.69, 9.17) is 5.73 Å². The molecule has 1 fully saturated rings. The second-order valence-corrected chi connectivity index (χ2v) is 8.34. The standard InChI is InChI=1S/C24H32N6O/c1-2-3-12-26-22-21-20(27-24(25)28-22)11-16-30(23(21)31)15-10-18-6-8-19(9-7-18)17-29-13-4-5-14-29/h6-9,11,16H,2-5,10,12-15,17H2,1H3,(H3,25,26,27,28). The van der Waals surface area contributed by atoms with Crippen LogP contribution in [-0.2, 0) is 19.5 Å². The number of nitrogens with one attached hydrogen (secondary N) is 1. The van der Waals surface area contributed by atoms with Crippen LogP contribution >= 0.6 is 0 Å². The summed E-state index contributed by atoms with van der Waals surface area (Å²) in [7, 11) is 0. The summed E-state index contributed by atoms with van der Waals surface area (Å²) < 4.78 is 1.74. The molecule has 0 saturated carbocycles. The molecule has 1 aliphatic heterocycles. The van der Waals surface area contributed by atoms with Crippen molar-refractivity contribution in [3.63, 3.8) is 0 Å². The summed E-state index contributed by atoms with van der Waals surface area (Å²) in [5.41, 5.74) is 8.92. The molecule has 31 heavy (non-hydrogen) atoms. The van der Waals surface area contributed by atoms with Crippen LogP contribution in [0.4, 0.5) is 11.8 Å². The van der Waals surface area contributed by atoms with Crippen molar-refractivity contribution < 1.29 is 0 Å². The average molecular weight is 421 g/mol. The van der Waals surface area contributed by atoms with Crippen LogP contribution in [0.1, 0.15) is 43.7 Å². The number of hydrogen-bond donors (Lipinski definition) is 2. The van der Waals surface area contributed by atoms with Crippen molar-refractivity contribution in [2.75, 3.05) is 30.7 Å². The highest BCUT2D eigenvalue weighted by molar-refractivity contribution is 5.89. The quantitative estimate of drug-likeness (QED) is 0.516. The maximum atomic E-state index is 13.2. The summed E-state index contributed by atoms with van der Waals surface area (Å²) in [5.74, 6) is 0.708. The molecule has 0 unspecified atom stereocenters. The molecule has 0 spiro atoms. The Morgan fingerprint density at radius 1 is 1.06 bits per heavy atom. The van der Waals surface area contributed by atoms with E-state index in [9.17, 15) is 4.79 Å². The second-order valence-electron chi connectivity index (χ2n) is 8.34. The average Bonchev–Trinajstić information content (AvgIpc) is 3.27. The summed E-state index contributed by atoms with van der Waals surface area (Å²) in [4.78, 5) is 24.2. The van der Waals surface area contributed by atoms with Crippen molar-refractivity contribution in [3.8, 4) is 0 Å². The van der Waals surface area contributed by atoms with Crippen LogP contribution in [0.2, 0.25) is 0 Å². The van der Waals surface area contributed by atoms with Gasteiger partial charge in [0.15, 0.2) is 0 Å². The number of nitrogen functional groups attached to an aromatic ring is 1. The molecule has 1 saturated heterocycles. The highest BCUT2D eigenvalue weighted by Gasteiger charge is 2.13. The van der Waals surface area contributed by atoms with Crippen LogP contribution in [0.15, 0.2) is 41.3 Å². The fourth-order valence-corrected chi connectivity index (χ4v) is 4.15. The number of rotatable bonds is 9. The first kappa shape index (κ1) is 21.3. The van der Waals surface area contributed by atoms with E-state index >= 15 is 0 Å². The van der Waals surface area contributed by atoms with E-state index in [0.717, 1.165) is 32.4 Å². The summed E-state index contributed by atoms with van der Waals surface area (Å²) in [6.45, 7) is 6.93. The zero-order valence-electron chi connectivity index (χ0n) is 18.3. The van der Waals surface area contributed by atoms with E-state index in [-0.39, 0.29) is 11.5 Å². The fourth-order valence-electron chi connectivity index (χ4n) is 4.15. The van der Waals surface area contributed by atoms with Gasteiger partial charge in [0, 0.05) is 25.8 Å². The number of benzene rings is 1. The number of nitrogens with two attached hydrogens (primary N) is 1. The Labute approximate surface area is 183 Å². The van der Waals surface area contributed by atoms with E-state index in [1.807, 2.05) is 6.07 Å². The molecule has 0 amide bonds. The first-order valence-electron chi connectivity index (χ1n) is 11.3. The molecule has 7 nitrogen and oxygen atoms in total. The molecule has 0 aliphatic carbocycles. The summed E-state index contributed by atoms with van der Waals surface area (Å²) >= 11 is 0. The minimum absolute atomic E-state index is 0.0813. The lowest BCUT2D eigenvalue weighted by Gasteiger charge is -2.15. The number of fused-ring (bicyclic) bond motifs is 1. The van der Waals surface area contributed by atoms with Crippen molar-refractivity contribution >= 4 is 22.7 Å². The van der Waals surface area contributed by atoms with Gasteiger partial charge in [-0.2, -0.15) is 4.98 Å². The zero-order valence-corrected chi connectivity index (χ0v) is 18.3. The monoisotopic (exact) mass is 420 g/mol.